The highest BCUT2D eigenvalue weighted by atomic mass is 19.2. The summed E-state index contributed by atoms with van der Waals surface area (Å²) in [4.78, 5) is 11.0. The zero-order chi connectivity index (χ0) is 12.1. The van der Waals surface area contributed by atoms with E-state index in [0.29, 0.717) is 5.69 Å². The third-order valence-electron chi connectivity index (χ3n) is 2.10. The molecule has 0 fully saturated rings. The molecule has 1 amide bonds. The lowest BCUT2D eigenvalue weighted by Crippen LogP contribution is -2.26. The lowest BCUT2D eigenvalue weighted by atomic mass is 10.2. The average molecular weight is 228 g/mol. The molecule has 0 spiro atoms. The number of hydrogen-bond acceptors (Lipinski definition) is 2. The van der Waals surface area contributed by atoms with Crippen molar-refractivity contribution in [1.29, 1.82) is 0 Å². The fourth-order valence-electron chi connectivity index (χ4n) is 1.30. The molecule has 1 aromatic carbocycles. The van der Waals surface area contributed by atoms with Gasteiger partial charge in [0.1, 0.15) is 0 Å². The first kappa shape index (κ1) is 12.4. The molecule has 0 aromatic heterocycles. The molecule has 3 nitrogen and oxygen atoms in total. The molecule has 0 saturated heterocycles. The molecule has 0 aliphatic carbocycles. The molecular formula is C11H14F2N2O. The van der Waals surface area contributed by atoms with Crippen LogP contribution in [0, 0.1) is 11.6 Å². The SMILES string of the molecule is CNC(=O)CC(C)Nc1ccc(F)c(F)c1. The van der Waals surface area contributed by atoms with Crippen molar-refractivity contribution in [3.63, 3.8) is 0 Å². The van der Waals surface area contributed by atoms with Gasteiger partial charge in [-0.25, -0.2) is 8.78 Å². The lowest BCUT2D eigenvalue weighted by Gasteiger charge is -2.14. The number of benzene rings is 1. The van der Waals surface area contributed by atoms with Crippen LogP contribution >= 0.6 is 0 Å². The Bertz CT molecular complexity index is 382. The topological polar surface area (TPSA) is 41.1 Å². The first-order chi connectivity index (χ1) is 7.52. The van der Waals surface area contributed by atoms with E-state index in [1.54, 1.807) is 14.0 Å². The van der Waals surface area contributed by atoms with Gasteiger partial charge in [0.25, 0.3) is 0 Å². The molecule has 0 aliphatic rings. The Morgan fingerprint density at radius 2 is 2.06 bits per heavy atom. The van der Waals surface area contributed by atoms with Crippen molar-refractivity contribution in [2.75, 3.05) is 12.4 Å². The molecule has 1 rings (SSSR count). The molecule has 2 N–H and O–H groups in total. The van der Waals surface area contributed by atoms with Crippen LogP contribution in [0.15, 0.2) is 18.2 Å². The van der Waals surface area contributed by atoms with Gasteiger partial charge in [-0.15, -0.1) is 0 Å². The second-order valence-corrected chi connectivity index (χ2v) is 3.55. The van der Waals surface area contributed by atoms with Crippen molar-refractivity contribution in [2.45, 2.75) is 19.4 Å². The molecule has 0 radical (unpaired) electrons. The molecule has 0 bridgehead atoms. The van der Waals surface area contributed by atoms with Gasteiger partial charge in [-0.2, -0.15) is 0 Å². The van der Waals surface area contributed by atoms with Crippen LogP contribution in [0.3, 0.4) is 0 Å². The van der Waals surface area contributed by atoms with Crippen LogP contribution < -0.4 is 10.6 Å². The van der Waals surface area contributed by atoms with Crippen LogP contribution in [0.4, 0.5) is 14.5 Å². The quantitative estimate of drug-likeness (QED) is 0.826. The Labute approximate surface area is 92.8 Å². The fourth-order valence-corrected chi connectivity index (χ4v) is 1.30. The minimum Gasteiger partial charge on any atom is -0.382 e. The maximum Gasteiger partial charge on any atom is 0.221 e. The Morgan fingerprint density at radius 3 is 2.62 bits per heavy atom. The van der Waals surface area contributed by atoms with Crippen LogP contribution in [-0.2, 0) is 4.79 Å². The fraction of sp³-hybridized carbons (Fsp3) is 0.364. The van der Waals surface area contributed by atoms with Gasteiger partial charge in [0.05, 0.1) is 0 Å². The van der Waals surface area contributed by atoms with Crippen LogP contribution in [0.25, 0.3) is 0 Å². The molecule has 1 unspecified atom stereocenters. The third kappa shape index (κ3) is 3.49. The summed E-state index contributed by atoms with van der Waals surface area (Å²) in [6, 6.07) is 3.39. The molecule has 1 atom stereocenters. The number of nitrogens with one attached hydrogen (secondary N) is 2. The maximum atomic E-state index is 12.9. The van der Waals surface area contributed by atoms with Crippen LogP contribution in [-0.4, -0.2) is 19.0 Å². The smallest absolute Gasteiger partial charge is 0.221 e. The van der Waals surface area contributed by atoms with E-state index in [2.05, 4.69) is 10.6 Å². The average Bonchev–Trinajstić information content (AvgIpc) is 2.23. The highest BCUT2D eigenvalue weighted by molar-refractivity contribution is 5.76. The summed E-state index contributed by atoms with van der Waals surface area (Å²) >= 11 is 0. The first-order valence-electron chi connectivity index (χ1n) is 4.95. The minimum atomic E-state index is -0.905. The van der Waals surface area contributed by atoms with Crippen LogP contribution in [0.1, 0.15) is 13.3 Å². The molecule has 0 heterocycles. The van der Waals surface area contributed by atoms with Crippen molar-refractivity contribution in [2.24, 2.45) is 0 Å². The van der Waals surface area contributed by atoms with Crippen molar-refractivity contribution in [3.05, 3.63) is 29.8 Å². The summed E-state index contributed by atoms with van der Waals surface area (Å²) < 4.78 is 25.5. The van der Waals surface area contributed by atoms with E-state index in [4.69, 9.17) is 0 Å². The molecule has 1 aromatic rings. The van der Waals surface area contributed by atoms with Gasteiger partial charge in [0.15, 0.2) is 11.6 Å². The summed E-state index contributed by atoms with van der Waals surface area (Å²) in [5.74, 6) is -1.90. The predicted molar refractivity (Wildman–Crippen MR) is 58.1 cm³/mol. The Hall–Kier alpha value is -1.65. The largest absolute Gasteiger partial charge is 0.382 e. The zero-order valence-electron chi connectivity index (χ0n) is 9.18. The van der Waals surface area contributed by atoms with Gasteiger partial charge in [-0.1, -0.05) is 0 Å². The maximum absolute atomic E-state index is 12.9. The highest BCUT2D eigenvalue weighted by Crippen LogP contribution is 2.14. The van der Waals surface area contributed by atoms with Gasteiger partial charge in [0, 0.05) is 31.3 Å². The monoisotopic (exact) mass is 228 g/mol. The Kier molecular flexibility index (Phi) is 4.22. The van der Waals surface area contributed by atoms with Gasteiger partial charge in [-0.3, -0.25) is 4.79 Å². The summed E-state index contributed by atoms with van der Waals surface area (Å²) in [7, 11) is 1.55. The minimum absolute atomic E-state index is 0.109. The van der Waals surface area contributed by atoms with Crippen molar-refractivity contribution < 1.29 is 13.6 Å². The van der Waals surface area contributed by atoms with E-state index < -0.39 is 11.6 Å². The Balaban J connectivity index is 2.59. The summed E-state index contributed by atoms with van der Waals surface area (Å²) in [6.45, 7) is 1.79. The van der Waals surface area contributed by atoms with Crippen molar-refractivity contribution in [1.82, 2.24) is 5.32 Å². The van der Waals surface area contributed by atoms with E-state index >= 15 is 0 Å². The van der Waals surface area contributed by atoms with Gasteiger partial charge in [-0.05, 0) is 19.1 Å². The zero-order valence-corrected chi connectivity index (χ0v) is 9.18. The predicted octanol–water partition coefficient (Wildman–Crippen LogP) is 1.90. The third-order valence-corrected chi connectivity index (χ3v) is 2.10. The van der Waals surface area contributed by atoms with Crippen molar-refractivity contribution >= 4 is 11.6 Å². The first-order valence-corrected chi connectivity index (χ1v) is 4.95. The standard InChI is InChI=1S/C11H14F2N2O/c1-7(5-11(16)14-2)15-8-3-4-9(12)10(13)6-8/h3-4,6-7,15H,5H2,1-2H3,(H,14,16). The number of carbonyl (C=O) groups is 1. The normalized spacial score (nSPS) is 12.0. The van der Waals surface area contributed by atoms with E-state index in [1.807, 2.05) is 0 Å². The molecular weight excluding hydrogens is 214 g/mol. The molecule has 88 valence electrons. The van der Waals surface area contributed by atoms with E-state index in [1.165, 1.54) is 6.07 Å². The highest BCUT2D eigenvalue weighted by Gasteiger charge is 2.08. The number of carbonyl (C=O) groups excluding carboxylic acids is 1. The van der Waals surface area contributed by atoms with E-state index in [-0.39, 0.29) is 18.4 Å². The molecule has 0 saturated carbocycles. The van der Waals surface area contributed by atoms with Gasteiger partial charge < -0.3 is 10.6 Å². The van der Waals surface area contributed by atoms with E-state index in [0.717, 1.165) is 12.1 Å². The summed E-state index contributed by atoms with van der Waals surface area (Å²) in [5.41, 5.74) is 0.454. The molecule has 5 heteroatoms. The number of anilines is 1. The Morgan fingerprint density at radius 1 is 1.38 bits per heavy atom. The van der Waals surface area contributed by atoms with Crippen molar-refractivity contribution in [3.8, 4) is 0 Å². The number of amides is 1. The van der Waals surface area contributed by atoms with Crippen LogP contribution in [0.2, 0.25) is 0 Å². The molecule has 16 heavy (non-hydrogen) atoms. The molecule has 0 aliphatic heterocycles. The van der Waals surface area contributed by atoms with E-state index in [9.17, 15) is 13.6 Å². The second kappa shape index (κ2) is 5.44. The lowest BCUT2D eigenvalue weighted by molar-refractivity contribution is -0.120. The number of halogens is 2. The second-order valence-electron chi connectivity index (χ2n) is 3.55. The van der Waals surface area contributed by atoms with Crippen LogP contribution in [0.5, 0.6) is 0 Å². The number of rotatable bonds is 4. The summed E-state index contributed by atoms with van der Waals surface area (Å²) in [6.07, 6.45) is 0.273. The number of hydrogen-bond donors (Lipinski definition) is 2. The summed E-state index contributed by atoms with van der Waals surface area (Å²) in [5, 5.41) is 5.40. The van der Waals surface area contributed by atoms with Gasteiger partial charge in [0.2, 0.25) is 5.91 Å². The van der Waals surface area contributed by atoms with Gasteiger partial charge >= 0.3 is 0 Å².